The van der Waals surface area contributed by atoms with Gasteiger partial charge in [-0.2, -0.15) is 0 Å². The lowest BCUT2D eigenvalue weighted by Gasteiger charge is -2.31. The van der Waals surface area contributed by atoms with Gasteiger partial charge in [-0.25, -0.2) is 17.8 Å². The third-order valence-corrected chi connectivity index (χ3v) is 10.5. The number of hydrogen-bond donors (Lipinski definition) is 0. The van der Waals surface area contributed by atoms with Crippen LogP contribution in [0, 0.1) is 0 Å². The van der Waals surface area contributed by atoms with Crippen molar-refractivity contribution in [3.8, 4) is 11.5 Å². The molecule has 2 saturated heterocycles. The third kappa shape index (κ3) is 9.45. The second kappa shape index (κ2) is 12.8. The number of ketones is 1. The van der Waals surface area contributed by atoms with Crippen molar-refractivity contribution in [2.75, 3.05) is 31.8 Å². The molecular weight excluding hydrogens is 533 g/mol. The van der Waals surface area contributed by atoms with Gasteiger partial charge in [-0.05, 0) is 57.9 Å². The van der Waals surface area contributed by atoms with Crippen LogP contribution in [0.2, 0.25) is 0 Å². The Morgan fingerprint density at radius 3 is 1.84 bits per heavy atom. The first-order valence-electron chi connectivity index (χ1n) is 12.2. The van der Waals surface area contributed by atoms with Crippen LogP contribution in [-0.4, -0.2) is 67.8 Å². The monoisotopic (exact) mass is 567 g/mol. The van der Waals surface area contributed by atoms with E-state index in [0.29, 0.717) is 37.6 Å². The largest absolute Gasteiger partial charge is 0.445 e. The van der Waals surface area contributed by atoms with Crippen molar-refractivity contribution in [3.63, 3.8) is 0 Å². The molecule has 208 valence electrons. The highest BCUT2D eigenvalue weighted by molar-refractivity contribution is 7.98. The number of sulfone groups is 1. The maximum Gasteiger partial charge on any atom is 0.445 e. The number of ether oxygens (including phenoxy) is 2. The molecule has 0 N–H and O–H groups in total. The van der Waals surface area contributed by atoms with E-state index < -0.39 is 39.9 Å². The molecule has 4 rings (SSSR count). The van der Waals surface area contributed by atoms with Gasteiger partial charge < -0.3 is 18.5 Å². The van der Waals surface area contributed by atoms with Gasteiger partial charge in [-0.15, -0.1) is 0 Å². The quantitative estimate of drug-likeness (QED) is 0.438. The lowest BCUT2D eigenvalue weighted by Crippen LogP contribution is -2.52. The van der Waals surface area contributed by atoms with Gasteiger partial charge in [-0.3, -0.25) is 9.69 Å². The zero-order chi connectivity index (χ0) is 27.8. The zero-order valence-corrected chi connectivity index (χ0v) is 23.5. The molecular formula is C26H34NO9PS. The topological polar surface area (TPSA) is 126 Å². The fourth-order valence-corrected chi connectivity index (χ4v) is 8.41. The number of para-hydroxylation sites is 2. The van der Waals surface area contributed by atoms with Gasteiger partial charge in [0.2, 0.25) is 0 Å². The Hall–Kier alpha value is -2.88. The SMILES string of the molecule is CC(C)(C)OC(=O)N1CC(=O)C1.O=P(CS(=O)(=O)C1CCOCC1)(Oc1ccccc1)Oc1ccccc1. The molecule has 0 unspecified atom stereocenters. The van der Waals surface area contributed by atoms with Gasteiger partial charge in [0, 0.05) is 13.2 Å². The molecule has 0 saturated carbocycles. The van der Waals surface area contributed by atoms with Crippen LogP contribution in [0.25, 0.3) is 0 Å². The Kier molecular flexibility index (Phi) is 9.98. The van der Waals surface area contributed by atoms with Crippen LogP contribution >= 0.6 is 7.60 Å². The summed E-state index contributed by atoms with van der Waals surface area (Å²) in [5.41, 5.74) is -1.15. The van der Waals surface area contributed by atoms with Crippen molar-refractivity contribution in [3.05, 3.63) is 60.7 Å². The van der Waals surface area contributed by atoms with Crippen LogP contribution in [-0.2, 0) is 28.7 Å². The average Bonchev–Trinajstić information content (AvgIpc) is 2.82. The van der Waals surface area contributed by atoms with Crippen molar-refractivity contribution in [2.24, 2.45) is 0 Å². The van der Waals surface area contributed by atoms with Gasteiger partial charge >= 0.3 is 13.7 Å². The highest BCUT2D eigenvalue weighted by Crippen LogP contribution is 2.50. The van der Waals surface area contributed by atoms with E-state index in [2.05, 4.69) is 0 Å². The van der Waals surface area contributed by atoms with Crippen LogP contribution in [0.1, 0.15) is 33.6 Å². The first-order valence-corrected chi connectivity index (χ1v) is 15.7. The number of benzene rings is 2. The maximum atomic E-state index is 13.4. The highest BCUT2D eigenvalue weighted by Gasteiger charge is 2.40. The number of hydrogen-bond acceptors (Lipinski definition) is 9. The molecule has 2 aromatic carbocycles. The zero-order valence-electron chi connectivity index (χ0n) is 21.8. The van der Waals surface area contributed by atoms with Crippen molar-refractivity contribution in [1.82, 2.24) is 4.90 Å². The van der Waals surface area contributed by atoms with Crippen molar-refractivity contribution >= 4 is 29.3 Å². The van der Waals surface area contributed by atoms with Crippen LogP contribution in [0.3, 0.4) is 0 Å². The Labute approximate surface area is 223 Å². The number of Topliss-reactive ketones (excluding diaryl/α,β-unsaturated/α-hetero) is 1. The molecule has 0 bridgehead atoms. The number of amides is 1. The molecule has 0 radical (unpaired) electrons. The molecule has 2 heterocycles. The van der Waals surface area contributed by atoms with Crippen LogP contribution < -0.4 is 9.05 Å². The predicted octanol–water partition coefficient (Wildman–Crippen LogP) is 4.70. The van der Waals surface area contributed by atoms with Gasteiger partial charge in [0.1, 0.15) is 17.1 Å². The van der Waals surface area contributed by atoms with E-state index in [9.17, 15) is 22.6 Å². The fourth-order valence-electron chi connectivity index (χ4n) is 3.55. The minimum Gasteiger partial charge on any atom is -0.444 e. The molecule has 10 nitrogen and oxygen atoms in total. The Bertz CT molecular complexity index is 1170. The number of likely N-dealkylation sites (tertiary alicyclic amines) is 1. The molecule has 0 atom stereocenters. The van der Waals surface area contributed by atoms with Crippen LogP contribution in [0.5, 0.6) is 11.5 Å². The predicted molar refractivity (Wildman–Crippen MR) is 142 cm³/mol. The summed E-state index contributed by atoms with van der Waals surface area (Å²) in [7, 11) is -7.65. The summed E-state index contributed by atoms with van der Waals surface area (Å²) >= 11 is 0. The minimum atomic E-state index is -3.98. The molecule has 2 aliphatic rings. The number of carbonyl (C=O) groups excluding carboxylic acids is 2. The third-order valence-electron chi connectivity index (χ3n) is 5.38. The summed E-state index contributed by atoms with van der Waals surface area (Å²) in [4.78, 5) is 23.1. The molecule has 0 aromatic heterocycles. The van der Waals surface area contributed by atoms with Gasteiger partial charge in [-0.1, -0.05) is 36.4 Å². The molecule has 2 aliphatic heterocycles. The van der Waals surface area contributed by atoms with E-state index in [0.717, 1.165) is 0 Å². The first-order chi connectivity index (χ1) is 17.9. The Morgan fingerprint density at radius 1 is 0.947 bits per heavy atom. The van der Waals surface area contributed by atoms with E-state index in [-0.39, 0.29) is 18.9 Å². The number of carbonyl (C=O) groups is 2. The van der Waals surface area contributed by atoms with Gasteiger partial charge in [0.15, 0.2) is 21.1 Å². The van der Waals surface area contributed by atoms with E-state index in [1.165, 1.54) is 4.90 Å². The standard InChI is InChI=1S/C18H21O6PS.C8H13NO3/c19-25(23-16-7-3-1-4-8-16,24-17-9-5-2-6-10-17)15-26(20,21)18-11-13-22-14-12-18;1-8(2,3)12-7(11)9-4-6(10)5-9/h1-10,18H,11-15H2;4-5H2,1-3H3. The van der Waals surface area contributed by atoms with Gasteiger partial charge in [0.25, 0.3) is 0 Å². The van der Waals surface area contributed by atoms with Crippen LogP contribution in [0.4, 0.5) is 4.79 Å². The summed E-state index contributed by atoms with van der Waals surface area (Å²) in [5, 5.41) is -0.594. The summed E-state index contributed by atoms with van der Waals surface area (Å²) in [6, 6.07) is 16.9. The number of rotatable bonds is 7. The van der Waals surface area contributed by atoms with E-state index >= 15 is 0 Å². The summed E-state index contributed by atoms with van der Waals surface area (Å²) < 4.78 is 60.3. The minimum absolute atomic E-state index is 0.0841. The smallest absolute Gasteiger partial charge is 0.444 e. The summed E-state index contributed by atoms with van der Waals surface area (Å²) in [6.07, 6.45) is 0.375. The first kappa shape index (κ1) is 29.7. The number of nitrogens with zero attached hydrogens (tertiary/aromatic N) is 1. The van der Waals surface area contributed by atoms with E-state index in [1.54, 1.807) is 81.4 Å². The maximum absolute atomic E-state index is 13.4. The molecule has 38 heavy (non-hydrogen) atoms. The van der Waals surface area contributed by atoms with Crippen molar-refractivity contribution in [2.45, 2.75) is 44.5 Å². The van der Waals surface area contributed by atoms with E-state index in [4.69, 9.17) is 18.5 Å². The van der Waals surface area contributed by atoms with Crippen molar-refractivity contribution < 1.29 is 41.1 Å². The second-order valence-electron chi connectivity index (χ2n) is 9.90. The Balaban J connectivity index is 0.000000279. The molecule has 1 amide bonds. The molecule has 2 fully saturated rings. The summed E-state index contributed by atoms with van der Waals surface area (Å²) in [6.45, 7) is 6.57. The highest BCUT2D eigenvalue weighted by atomic mass is 32.2. The molecule has 12 heteroatoms. The summed E-state index contributed by atoms with van der Waals surface area (Å²) in [5.74, 6) is 0.684. The fraction of sp³-hybridized carbons (Fsp3) is 0.462. The van der Waals surface area contributed by atoms with Crippen LogP contribution in [0.15, 0.2) is 60.7 Å². The average molecular weight is 568 g/mol. The lowest BCUT2D eigenvalue weighted by atomic mass is 10.2. The lowest BCUT2D eigenvalue weighted by molar-refractivity contribution is -0.128. The molecule has 2 aromatic rings. The normalized spacial score (nSPS) is 16.5. The second-order valence-corrected chi connectivity index (χ2v) is 14.5. The van der Waals surface area contributed by atoms with E-state index in [1.807, 2.05) is 0 Å². The van der Waals surface area contributed by atoms with Crippen molar-refractivity contribution in [1.29, 1.82) is 0 Å². The van der Waals surface area contributed by atoms with Gasteiger partial charge in [0.05, 0.1) is 18.3 Å². The molecule has 0 aliphatic carbocycles. The molecule has 0 spiro atoms. The Morgan fingerprint density at radius 2 is 1.42 bits per heavy atom.